The van der Waals surface area contributed by atoms with Gasteiger partial charge in [0.2, 0.25) is 0 Å². The fraction of sp³-hybridized carbons (Fsp3) is 0.308. The molecule has 0 radical (unpaired) electrons. The number of nitrogens with zero attached hydrogens (tertiary/aromatic N) is 1. The van der Waals surface area contributed by atoms with Gasteiger partial charge in [-0.2, -0.15) is 0 Å². The molecule has 0 saturated heterocycles. The molecule has 3 nitrogen and oxygen atoms in total. The average Bonchev–Trinajstić information content (AvgIpc) is 2.30. The minimum absolute atomic E-state index is 0.211. The highest BCUT2D eigenvalue weighted by Crippen LogP contribution is 2.14. The van der Waals surface area contributed by atoms with E-state index in [2.05, 4.69) is 52.3 Å². The van der Waals surface area contributed by atoms with E-state index in [0.717, 1.165) is 6.54 Å². The number of ether oxygens (including phenoxy) is 1. The third kappa shape index (κ3) is 4.17. The molecule has 2 heterocycles. The lowest BCUT2D eigenvalue weighted by molar-refractivity contribution is -0.140. The number of hydrogen-bond donors (Lipinski definition) is 0. The predicted molar refractivity (Wildman–Crippen MR) is 64.5 cm³/mol. The van der Waals surface area contributed by atoms with E-state index in [1.807, 2.05) is 0 Å². The van der Waals surface area contributed by atoms with Crippen molar-refractivity contribution in [2.45, 2.75) is 13.8 Å². The van der Waals surface area contributed by atoms with Crippen LogP contribution in [0.4, 0.5) is 0 Å². The Labute approximate surface area is 96.4 Å². The molecule has 0 aromatic rings. The number of carbonyl (C=O) groups excluding carboxylic acids is 1. The van der Waals surface area contributed by atoms with Crippen molar-refractivity contribution in [3.63, 3.8) is 0 Å². The zero-order valence-electron chi connectivity index (χ0n) is 9.72. The topological polar surface area (TPSA) is 29.5 Å². The molecule has 0 bridgehead atoms. The van der Waals surface area contributed by atoms with Crippen LogP contribution in [0.3, 0.4) is 0 Å². The number of allylic oxidation sites excluding steroid dienone is 5. The Hall–Kier alpha value is -1.77. The molecule has 0 aromatic carbocycles. The molecule has 86 valence electrons. The SMILES string of the molecule is C1=CCN2C=CC=CC2=C1.CCOC(C)=O. The second-order valence-electron chi connectivity index (χ2n) is 3.30. The Bertz CT molecular complexity index is 351. The van der Waals surface area contributed by atoms with E-state index in [1.54, 1.807) is 6.92 Å². The number of hydrogen-bond acceptors (Lipinski definition) is 3. The highest BCUT2D eigenvalue weighted by molar-refractivity contribution is 5.65. The fourth-order valence-electron chi connectivity index (χ4n) is 1.35. The third-order valence-electron chi connectivity index (χ3n) is 2.03. The maximum atomic E-state index is 9.82. The van der Waals surface area contributed by atoms with Crippen molar-refractivity contribution in [1.29, 1.82) is 0 Å². The van der Waals surface area contributed by atoms with Gasteiger partial charge in [-0.05, 0) is 25.2 Å². The van der Waals surface area contributed by atoms with Gasteiger partial charge in [-0.1, -0.05) is 18.2 Å². The summed E-state index contributed by atoms with van der Waals surface area (Å²) in [6.45, 7) is 4.66. The minimum Gasteiger partial charge on any atom is -0.466 e. The normalized spacial score (nSPS) is 15.9. The fourth-order valence-corrected chi connectivity index (χ4v) is 1.35. The number of fused-ring (bicyclic) bond motifs is 1. The average molecular weight is 219 g/mol. The van der Waals surface area contributed by atoms with Gasteiger partial charge in [-0.15, -0.1) is 0 Å². The van der Waals surface area contributed by atoms with Crippen LogP contribution < -0.4 is 0 Å². The first-order chi connectivity index (χ1) is 7.74. The third-order valence-corrected chi connectivity index (χ3v) is 2.03. The molecule has 16 heavy (non-hydrogen) atoms. The molecule has 0 aromatic heterocycles. The van der Waals surface area contributed by atoms with Crippen LogP contribution in [0.5, 0.6) is 0 Å². The summed E-state index contributed by atoms with van der Waals surface area (Å²) in [6.07, 6.45) is 14.7. The van der Waals surface area contributed by atoms with Gasteiger partial charge in [-0.3, -0.25) is 4.79 Å². The lowest BCUT2D eigenvalue weighted by Crippen LogP contribution is -2.18. The number of esters is 1. The molecule has 3 heteroatoms. The zero-order chi connectivity index (χ0) is 11.8. The summed E-state index contributed by atoms with van der Waals surface area (Å²) in [5.41, 5.74) is 1.28. The summed E-state index contributed by atoms with van der Waals surface area (Å²) in [4.78, 5) is 12.0. The molecule has 0 atom stereocenters. The summed E-state index contributed by atoms with van der Waals surface area (Å²) < 4.78 is 4.40. The Morgan fingerprint density at radius 2 is 2.25 bits per heavy atom. The lowest BCUT2D eigenvalue weighted by Gasteiger charge is -2.23. The van der Waals surface area contributed by atoms with E-state index in [4.69, 9.17) is 0 Å². The van der Waals surface area contributed by atoms with E-state index in [0.29, 0.717) is 6.61 Å². The van der Waals surface area contributed by atoms with E-state index in [9.17, 15) is 4.79 Å². The van der Waals surface area contributed by atoms with Gasteiger partial charge in [0.25, 0.3) is 0 Å². The molecule has 0 spiro atoms. The van der Waals surface area contributed by atoms with E-state index in [-0.39, 0.29) is 5.97 Å². The molecule has 0 fully saturated rings. The Morgan fingerprint density at radius 3 is 2.81 bits per heavy atom. The first-order valence-electron chi connectivity index (χ1n) is 5.35. The van der Waals surface area contributed by atoms with Gasteiger partial charge in [0.05, 0.1) is 6.61 Å². The number of carbonyl (C=O) groups is 1. The number of rotatable bonds is 1. The van der Waals surface area contributed by atoms with Crippen molar-refractivity contribution in [3.05, 3.63) is 48.4 Å². The molecular weight excluding hydrogens is 202 g/mol. The molecule has 0 amide bonds. The highest BCUT2D eigenvalue weighted by Gasteiger charge is 2.05. The van der Waals surface area contributed by atoms with Crippen LogP contribution in [0.2, 0.25) is 0 Å². The molecule has 0 N–H and O–H groups in total. The largest absolute Gasteiger partial charge is 0.466 e. The molecule has 2 rings (SSSR count). The van der Waals surface area contributed by atoms with Crippen LogP contribution in [0.25, 0.3) is 0 Å². The Balaban J connectivity index is 0.000000187. The first-order valence-corrected chi connectivity index (χ1v) is 5.35. The Morgan fingerprint density at radius 1 is 1.44 bits per heavy atom. The minimum atomic E-state index is -0.211. The summed E-state index contributed by atoms with van der Waals surface area (Å²) >= 11 is 0. The van der Waals surface area contributed by atoms with Crippen LogP contribution in [-0.2, 0) is 9.53 Å². The maximum absolute atomic E-state index is 9.82. The van der Waals surface area contributed by atoms with Crippen molar-refractivity contribution in [2.75, 3.05) is 13.2 Å². The van der Waals surface area contributed by atoms with Gasteiger partial charge in [0.15, 0.2) is 0 Å². The van der Waals surface area contributed by atoms with Crippen molar-refractivity contribution in [1.82, 2.24) is 4.90 Å². The first kappa shape index (κ1) is 12.3. The summed E-state index contributed by atoms with van der Waals surface area (Å²) in [7, 11) is 0. The van der Waals surface area contributed by atoms with Crippen molar-refractivity contribution >= 4 is 5.97 Å². The molecule has 0 saturated carbocycles. The molecule has 0 unspecified atom stereocenters. The van der Waals surface area contributed by atoms with Gasteiger partial charge in [-0.25, -0.2) is 0 Å². The van der Waals surface area contributed by atoms with Gasteiger partial charge < -0.3 is 9.64 Å². The van der Waals surface area contributed by atoms with Crippen molar-refractivity contribution < 1.29 is 9.53 Å². The summed E-state index contributed by atoms with van der Waals surface area (Å²) in [5, 5.41) is 0. The predicted octanol–water partition coefficient (Wildman–Crippen LogP) is 2.40. The maximum Gasteiger partial charge on any atom is 0.302 e. The lowest BCUT2D eigenvalue weighted by atomic mass is 10.2. The van der Waals surface area contributed by atoms with Crippen LogP contribution >= 0.6 is 0 Å². The second kappa shape index (κ2) is 6.67. The van der Waals surface area contributed by atoms with Gasteiger partial charge in [0.1, 0.15) is 0 Å². The van der Waals surface area contributed by atoms with E-state index >= 15 is 0 Å². The second-order valence-corrected chi connectivity index (χ2v) is 3.30. The summed E-state index contributed by atoms with van der Waals surface area (Å²) in [6, 6.07) is 0. The standard InChI is InChI=1S/C9H9N.C4H8O2/c1-3-7-10-8-4-2-6-9(10)5-1;1-3-6-4(2)5/h1-7H,8H2;3H2,1-2H3. The van der Waals surface area contributed by atoms with E-state index in [1.165, 1.54) is 12.6 Å². The zero-order valence-corrected chi connectivity index (χ0v) is 9.72. The monoisotopic (exact) mass is 219 g/mol. The van der Waals surface area contributed by atoms with Crippen LogP contribution in [-0.4, -0.2) is 24.0 Å². The van der Waals surface area contributed by atoms with Crippen LogP contribution in [0.15, 0.2) is 48.4 Å². The molecule has 0 aliphatic carbocycles. The van der Waals surface area contributed by atoms with Gasteiger partial charge in [0, 0.05) is 25.4 Å². The van der Waals surface area contributed by atoms with Crippen LogP contribution in [0.1, 0.15) is 13.8 Å². The quantitative estimate of drug-likeness (QED) is 0.634. The van der Waals surface area contributed by atoms with Crippen LogP contribution in [0, 0.1) is 0 Å². The Kier molecular flexibility index (Phi) is 5.12. The van der Waals surface area contributed by atoms with E-state index < -0.39 is 0 Å². The highest BCUT2D eigenvalue weighted by atomic mass is 16.5. The summed E-state index contributed by atoms with van der Waals surface area (Å²) in [5.74, 6) is -0.211. The van der Waals surface area contributed by atoms with Crippen molar-refractivity contribution in [2.24, 2.45) is 0 Å². The molecule has 2 aliphatic rings. The van der Waals surface area contributed by atoms with Crippen molar-refractivity contribution in [3.8, 4) is 0 Å². The van der Waals surface area contributed by atoms with Gasteiger partial charge >= 0.3 is 5.97 Å². The molecular formula is C13H17NO2. The molecule has 2 aliphatic heterocycles. The smallest absolute Gasteiger partial charge is 0.302 e.